The molecule has 0 aliphatic heterocycles. The summed E-state index contributed by atoms with van der Waals surface area (Å²) in [7, 11) is -90.6. The fourth-order valence-electron chi connectivity index (χ4n) is 6.86. The first-order chi connectivity index (χ1) is 26.2. The molecule has 0 heterocycles. The van der Waals surface area contributed by atoms with Gasteiger partial charge < -0.3 is 0 Å². The van der Waals surface area contributed by atoms with Crippen molar-refractivity contribution in [3.63, 3.8) is 0 Å². The van der Waals surface area contributed by atoms with Crippen molar-refractivity contribution in [2.24, 2.45) is 0 Å². The molecule has 0 aromatic rings. The molecule has 0 amide bonds. The summed E-state index contributed by atoms with van der Waals surface area (Å²) in [4.78, 5) is 0. The van der Waals surface area contributed by atoms with E-state index >= 15 is 0 Å². The van der Waals surface area contributed by atoms with Crippen LogP contribution in [0, 0.1) is 0 Å². The van der Waals surface area contributed by atoms with Gasteiger partial charge in [-0.3, -0.25) is 45.5 Å². The summed E-state index contributed by atoms with van der Waals surface area (Å²) in [6.07, 6.45) is 2.00. The second kappa shape index (κ2) is 20.9. The summed E-state index contributed by atoms with van der Waals surface area (Å²) < 4.78 is 330. The normalized spacial score (nSPS) is 15.9. The molecule has 364 valence electrons. The van der Waals surface area contributed by atoms with Gasteiger partial charge in [0, 0.05) is 0 Å². The number of hydrogen-bond donors (Lipinski definition) is 10. The summed E-state index contributed by atoms with van der Waals surface area (Å²) in [5.74, 6) is 0. The Labute approximate surface area is 395 Å². The van der Waals surface area contributed by atoms with Crippen LogP contribution in [0.15, 0.2) is 0 Å². The van der Waals surface area contributed by atoms with E-state index in [4.69, 9.17) is 0 Å². The van der Waals surface area contributed by atoms with Crippen molar-refractivity contribution >= 4 is 153 Å². The fraction of sp³-hybridized carbons (Fsp3) is 1.00. The third kappa shape index (κ3) is 11.4. The molecule has 0 rings (SSSR count). The topological polar surface area (TPSA) is 544 Å². The number of rotatable bonds is 28. The van der Waals surface area contributed by atoms with Gasteiger partial charge in [-0.05, 0) is 6.42 Å². The maximum atomic E-state index is 13.4. The summed E-state index contributed by atoms with van der Waals surface area (Å²) >= 11 is 0. The van der Waals surface area contributed by atoms with Crippen LogP contribution in [0.5, 0.6) is 0 Å². The van der Waals surface area contributed by atoms with Crippen LogP contribution in [0.1, 0.15) is 96.8 Å². The van der Waals surface area contributed by atoms with Crippen molar-refractivity contribution in [3.05, 3.63) is 0 Å². The minimum atomic E-state index is -9.51. The second-order valence-electron chi connectivity index (χ2n) is 12.8. The molecule has 10 N–H and O–H groups in total. The van der Waals surface area contributed by atoms with Crippen LogP contribution >= 0.6 is 0 Å². The number of hydrogen-bond acceptors (Lipinski definition) is 20. The Morgan fingerprint density at radius 3 is 0.738 bits per heavy atom. The van der Waals surface area contributed by atoms with Gasteiger partial charge in [0.05, 0.1) is 0 Å². The van der Waals surface area contributed by atoms with E-state index in [0.717, 1.165) is 38.5 Å². The SMILES string of the molecule is CCCCCCCCCCCCCCCC(C(C(C(C(S(=O)(=O)O)(S(=O)(=O)O)S(=O)(=O)O)(S(=O)(=O)O)S(=O)(=O)O)(S(=O)(=O)O)S(=O)(=O)O)(S(=O)(=O)O)S(=O)(=O)O)S(=O)(=O)O.[KH]. The Balaban J connectivity index is 0. The molecule has 0 spiro atoms. The van der Waals surface area contributed by atoms with Gasteiger partial charge in [0.25, 0.3) is 74.9 Å². The van der Waals surface area contributed by atoms with Gasteiger partial charge in [-0.25, -0.2) is 0 Å². The molecule has 0 fully saturated rings. The Morgan fingerprint density at radius 2 is 0.557 bits per heavy atom. The Hall–Kier alpha value is 0.736. The third-order valence-electron chi connectivity index (χ3n) is 8.89. The molecular formula is C20H43KO30S10. The molecule has 41 heteroatoms. The monoisotopic (exact) mass is 1120 g/mol. The molecular weight excluding hydrogens is 1080 g/mol. The maximum absolute atomic E-state index is 13.4. The van der Waals surface area contributed by atoms with E-state index in [1.54, 1.807) is 0 Å². The fourth-order valence-corrected chi connectivity index (χ4v) is 32.4. The van der Waals surface area contributed by atoms with Crippen molar-refractivity contribution in [1.82, 2.24) is 0 Å². The molecule has 30 nitrogen and oxygen atoms in total. The van der Waals surface area contributed by atoms with Crippen LogP contribution in [0.4, 0.5) is 0 Å². The van der Waals surface area contributed by atoms with Crippen LogP contribution in [0.3, 0.4) is 0 Å². The van der Waals surface area contributed by atoms with Crippen LogP contribution in [-0.2, 0) is 101 Å². The average Bonchev–Trinajstić information content (AvgIpc) is 2.93. The molecule has 0 aliphatic carbocycles. The van der Waals surface area contributed by atoms with Crippen LogP contribution < -0.4 is 0 Å². The van der Waals surface area contributed by atoms with E-state index in [2.05, 4.69) is 0 Å². The first kappa shape index (κ1) is 63.8. The van der Waals surface area contributed by atoms with Crippen LogP contribution in [-0.4, -0.2) is 202 Å². The van der Waals surface area contributed by atoms with E-state index in [9.17, 15) is 130 Å². The minimum absolute atomic E-state index is 0. The molecule has 0 saturated carbocycles. The van der Waals surface area contributed by atoms with Gasteiger partial charge in [-0.2, -0.15) is 84.2 Å². The van der Waals surface area contributed by atoms with Crippen molar-refractivity contribution in [2.75, 3.05) is 0 Å². The Morgan fingerprint density at radius 1 is 0.328 bits per heavy atom. The summed E-state index contributed by atoms with van der Waals surface area (Å²) in [5.41, 5.74) is 0. The van der Waals surface area contributed by atoms with Crippen molar-refractivity contribution in [2.45, 2.75) is 118 Å². The third-order valence-corrected chi connectivity index (χ3v) is 30.9. The van der Waals surface area contributed by atoms with Crippen molar-refractivity contribution in [3.8, 4) is 0 Å². The predicted octanol–water partition coefficient (Wildman–Crippen LogP) is -2.19. The van der Waals surface area contributed by atoms with Gasteiger partial charge >= 0.3 is 93.3 Å². The van der Waals surface area contributed by atoms with Gasteiger partial charge in [-0.15, -0.1) is 0 Å². The molecule has 0 radical (unpaired) electrons. The second-order valence-corrected chi connectivity index (χ2v) is 30.0. The standard InChI is InChI=1S/C20H42O30S10.K.H/c1-2-3-4-5-6-7-8-9-10-11-12-13-14-15-16(51(21,22)23)17(52(24,25)26,53(27,28)29)18(54(30,31)32,55(33,34)35)19(56(36,37)38,57(39,40)41)20(58(42,43)44,59(45,46)47)60(48,49)50;;/h16H,2-15H2,1H3,(H,21,22,23)(H,24,25,26)(H,27,28,29)(H,30,31,32)(H,33,34,35)(H,36,37,38)(H,39,40,41)(H,42,43,44)(H,45,46,47)(H,48,49,50);;. The van der Waals surface area contributed by atoms with Gasteiger partial charge in [0.2, 0.25) is 0 Å². The van der Waals surface area contributed by atoms with Gasteiger partial charge in [-0.1, -0.05) is 90.4 Å². The molecule has 0 aromatic heterocycles. The zero-order valence-corrected chi connectivity index (χ0v) is 38.4. The van der Waals surface area contributed by atoms with E-state index in [1.807, 2.05) is 6.92 Å². The average molecular weight is 1120 g/mol. The number of unbranched alkanes of at least 4 members (excludes halogenated alkanes) is 12. The first-order valence-corrected chi connectivity index (χ1v) is 30.3. The molecule has 1 atom stereocenters. The Kier molecular flexibility index (Phi) is 21.9. The van der Waals surface area contributed by atoms with E-state index in [0.29, 0.717) is 19.3 Å². The zero-order valence-electron chi connectivity index (χ0n) is 30.2. The van der Waals surface area contributed by atoms with E-state index in [1.165, 1.54) is 0 Å². The molecule has 0 aromatic carbocycles. The van der Waals surface area contributed by atoms with Crippen LogP contribution in [0.2, 0.25) is 0 Å². The van der Waals surface area contributed by atoms with Gasteiger partial charge in [0.15, 0.2) is 0 Å². The summed E-state index contributed by atoms with van der Waals surface area (Å²) in [5, 5.41) is -5.34. The quantitative estimate of drug-likeness (QED) is 0.0226. The first-order valence-electron chi connectivity index (χ1n) is 15.9. The van der Waals surface area contributed by atoms with Crippen LogP contribution in [0.25, 0.3) is 0 Å². The zero-order chi connectivity index (χ0) is 48.5. The molecule has 1 unspecified atom stereocenters. The van der Waals surface area contributed by atoms with Crippen molar-refractivity contribution in [1.29, 1.82) is 0 Å². The summed E-state index contributed by atoms with van der Waals surface area (Å²) in [6, 6.07) is 0. The Bertz CT molecular complexity index is 2550. The summed E-state index contributed by atoms with van der Waals surface area (Å²) in [6.45, 7) is 1.99. The predicted molar refractivity (Wildman–Crippen MR) is 208 cm³/mol. The van der Waals surface area contributed by atoms with Crippen molar-refractivity contribution < 1.29 is 130 Å². The van der Waals surface area contributed by atoms with E-state index < -0.39 is 141 Å². The molecule has 0 bridgehead atoms. The van der Waals surface area contributed by atoms with Gasteiger partial charge in [0.1, 0.15) is 5.25 Å². The van der Waals surface area contributed by atoms with E-state index in [-0.39, 0.29) is 64.2 Å². The molecule has 61 heavy (non-hydrogen) atoms. The molecule has 0 aliphatic rings. The molecule has 0 saturated heterocycles.